The Bertz CT molecular complexity index is 973. The first kappa shape index (κ1) is 19.1. The SMILES string of the molecule is COCCCn1c(SCC(=O)Nc2ccccc2)nc2ccccc2c1=O. The molecule has 0 aliphatic heterocycles. The van der Waals surface area contributed by atoms with Gasteiger partial charge in [0.2, 0.25) is 5.91 Å². The van der Waals surface area contributed by atoms with Crippen LogP contribution >= 0.6 is 11.8 Å². The summed E-state index contributed by atoms with van der Waals surface area (Å²) in [5, 5.41) is 3.96. The van der Waals surface area contributed by atoms with E-state index in [0.29, 0.717) is 35.6 Å². The van der Waals surface area contributed by atoms with Gasteiger partial charge in [-0.3, -0.25) is 14.2 Å². The molecule has 1 aromatic heterocycles. The summed E-state index contributed by atoms with van der Waals surface area (Å²) in [5.41, 5.74) is 1.28. The Morgan fingerprint density at radius 1 is 1.15 bits per heavy atom. The fourth-order valence-electron chi connectivity index (χ4n) is 2.67. The second kappa shape index (κ2) is 9.34. The van der Waals surface area contributed by atoms with E-state index in [1.807, 2.05) is 48.5 Å². The Morgan fingerprint density at radius 2 is 1.89 bits per heavy atom. The minimum Gasteiger partial charge on any atom is -0.385 e. The lowest BCUT2D eigenvalue weighted by Crippen LogP contribution is -2.25. The van der Waals surface area contributed by atoms with E-state index in [1.165, 1.54) is 11.8 Å². The van der Waals surface area contributed by atoms with Gasteiger partial charge >= 0.3 is 0 Å². The molecule has 2 aromatic carbocycles. The molecule has 0 fully saturated rings. The third-order valence-electron chi connectivity index (χ3n) is 3.95. The fourth-order valence-corrected chi connectivity index (χ4v) is 3.50. The molecule has 0 radical (unpaired) electrons. The van der Waals surface area contributed by atoms with E-state index in [-0.39, 0.29) is 17.2 Å². The van der Waals surface area contributed by atoms with Crippen LogP contribution in [-0.2, 0) is 16.1 Å². The Morgan fingerprint density at radius 3 is 2.67 bits per heavy atom. The number of nitrogens with one attached hydrogen (secondary N) is 1. The van der Waals surface area contributed by atoms with Crippen LogP contribution in [0.15, 0.2) is 64.5 Å². The highest BCUT2D eigenvalue weighted by Gasteiger charge is 2.13. The first-order chi connectivity index (χ1) is 13.2. The summed E-state index contributed by atoms with van der Waals surface area (Å²) in [6.45, 7) is 1.05. The normalized spacial score (nSPS) is 10.9. The van der Waals surface area contributed by atoms with Crippen molar-refractivity contribution >= 4 is 34.3 Å². The quantitative estimate of drug-likeness (QED) is 0.367. The molecule has 0 saturated heterocycles. The van der Waals surface area contributed by atoms with Crippen LogP contribution in [0.2, 0.25) is 0 Å². The van der Waals surface area contributed by atoms with Crippen molar-refractivity contribution in [3.8, 4) is 0 Å². The van der Waals surface area contributed by atoms with Crippen molar-refractivity contribution in [2.24, 2.45) is 0 Å². The molecule has 0 atom stereocenters. The third kappa shape index (κ3) is 4.96. The van der Waals surface area contributed by atoms with Crippen LogP contribution in [0.1, 0.15) is 6.42 Å². The number of amides is 1. The Balaban J connectivity index is 1.80. The first-order valence-electron chi connectivity index (χ1n) is 8.65. The van der Waals surface area contributed by atoms with E-state index in [4.69, 9.17) is 4.74 Å². The van der Waals surface area contributed by atoms with Crippen LogP contribution in [0.3, 0.4) is 0 Å². The molecule has 0 spiro atoms. The van der Waals surface area contributed by atoms with Gasteiger partial charge in [-0.05, 0) is 30.7 Å². The van der Waals surface area contributed by atoms with Crippen LogP contribution in [0.4, 0.5) is 5.69 Å². The summed E-state index contributed by atoms with van der Waals surface area (Å²) in [6.07, 6.45) is 0.695. The van der Waals surface area contributed by atoms with Gasteiger partial charge in [-0.25, -0.2) is 4.98 Å². The molecule has 1 amide bonds. The average Bonchev–Trinajstić information content (AvgIpc) is 2.69. The second-order valence-corrected chi connectivity index (χ2v) is 6.86. The smallest absolute Gasteiger partial charge is 0.262 e. The van der Waals surface area contributed by atoms with Crippen LogP contribution < -0.4 is 10.9 Å². The lowest BCUT2D eigenvalue weighted by Gasteiger charge is -2.13. The second-order valence-electron chi connectivity index (χ2n) is 5.92. The molecular formula is C20H21N3O3S. The molecule has 0 unspecified atom stereocenters. The van der Waals surface area contributed by atoms with Gasteiger partial charge in [0.25, 0.3) is 5.56 Å². The van der Waals surface area contributed by atoms with Gasteiger partial charge in [0, 0.05) is 25.9 Å². The summed E-state index contributed by atoms with van der Waals surface area (Å²) in [6, 6.07) is 16.5. The average molecular weight is 383 g/mol. The Labute approximate surface area is 161 Å². The van der Waals surface area contributed by atoms with E-state index < -0.39 is 0 Å². The van der Waals surface area contributed by atoms with Crippen LogP contribution in [-0.4, -0.2) is 34.9 Å². The van der Waals surface area contributed by atoms with Crippen LogP contribution in [0.5, 0.6) is 0 Å². The van der Waals surface area contributed by atoms with Crippen LogP contribution in [0.25, 0.3) is 10.9 Å². The predicted molar refractivity (Wildman–Crippen MR) is 108 cm³/mol. The number of hydrogen-bond acceptors (Lipinski definition) is 5. The number of hydrogen-bond donors (Lipinski definition) is 1. The molecule has 6 nitrogen and oxygen atoms in total. The third-order valence-corrected chi connectivity index (χ3v) is 4.92. The molecule has 0 bridgehead atoms. The number of thioether (sulfide) groups is 1. The number of anilines is 1. The molecule has 27 heavy (non-hydrogen) atoms. The molecule has 0 aliphatic rings. The number of fused-ring (bicyclic) bond motifs is 1. The number of carbonyl (C=O) groups excluding carboxylic acids is 1. The van der Waals surface area contributed by atoms with E-state index >= 15 is 0 Å². The topological polar surface area (TPSA) is 73.2 Å². The molecule has 7 heteroatoms. The van der Waals surface area contributed by atoms with Gasteiger partial charge in [0.15, 0.2) is 5.16 Å². The number of aromatic nitrogens is 2. The molecule has 3 aromatic rings. The molecule has 3 rings (SSSR count). The summed E-state index contributed by atoms with van der Waals surface area (Å²) in [5.74, 6) is 0.0290. The molecule has 0 aliphatic carbocycles. The number of nitrogens with zero attached hydrogens (tertiary/aromatic N) is 2. The maximum atomic E-state index is 12.8. The van der Waals surface area contributed by atoms with Crippen molar-refractivity contribution in [1.82, 2.24) is 9.55 Å². The summed E-state index contributed by atoms with van der Waals surface area (Å²) in [4.78, 5) is 29.7. The molecule has 1 heterocycles. The summed E-state index contributed by atoms with van der Waals surface area (Å²) >= 11 is 1.26. The predicted octanol–water partition coefficient (Wildman–Crippen LogP) is 3.16. The van der Waals surface area contributed by atoms with Crippen LogP contribution in [0, 0.1) is 0 Å². The Kier molecular flexibility index (Phi) is 6.62. The minimum atomic E-state index is -0.142. The molecule has 0 saturated carbocycles. The van der Waals surface area contributed by atoms with Crippen molar-refractivity contribution in [3.05, 3.63) is 65.0 Å². The van der Waals surface area contributed by atoms with Crippen molar-refractivity contribution < 1.29 is 9.53 Å². The van der Waals surface area contributed by atoms with Crippen molar-refractivity contribution in [2.75, 3.05) is 24.8 Å². The Hall–Kier alpha value is -2.64. The zero-order chi connectivity index (χ0) is 19.1. The number of methoxy groups -OCH3 is 1. The van der Waals surface area contributed by atoms with E-state index in [2.05, 4.69) is 10.3 Å². The standard InChI is InChI=1S/C20H21N3O3S/c1-26-13-7-12-23-19(25)16-10-5-6-11-17(16)22-20(23)27-14-18(24)21-15-8-3-2-4-9-15/h2-6,8-11H,7,12-14H2,1H3,(H,21,24). The van der Waals surface area contributed by atoms with E-state index in [0.717, 1.165) is 5.69 Å². The maximum Gasteiger partial charge on any atom is 0.262 e. The minimum absolute atomic E-state index is 0.0947. The number of carbonyl (C=O) groups is 1. The van der Waals surface area contributed by atoms with Gasteiger partial charge < -0.3 is 10.1 Å². The fraction of sp³-hybridized carbons (Fsp3) is 0.250. The summed E-state index contributed by atoms with van der Waals surface area (Å²) < 4.78 is 6.72. The van der Waals surface area contributed by atoms with Crippen molar-refractivity contribution in [3.63, 3.8) is 0 Å². The monoisotopic (exact) mass is 383 g/mol. The zero-order valence-electron chi connectivity index (χ0n) is 15.1. The highest BCUT2D eigenvalue weighted by Crippen LogP contribution is 2.18. The first-order valence-corrected chi connectivity index (χ1v) is 9.64. The van der Waals surface area contributed by atoms with Crippen molar-refractivity contribution in [1.29, 1.82) is 0 Å². The van der Waals surface area contributed by atoms with Gasteiger partial charge in [0.05, 0.1) is 16.7 Å². The number of benzene rings is 2. The van der Waals surface area contributed by atoms with Crippen molar-refractivity contribution in [2.45, 2.75) is 18.1 Å². The lowest BCUT2D eigenvalue weighted by atomic mass is 10.2. The van der Waals surface area contributed by atoms with E-state index in [9.17, 15) is 9.59 Å². The van der Waals surface area contributed by atoms with Gasteiger partial charge in [-0.2, -0.15) is 0 Å². The van der Waals surface area contributed by atoms with Gasteiger partial charge in [-0.1, -0.05) is 42.1 Å². The molecule has 140 valence electrons. The highest BCUT2D eigenvalue weighted by molar-refractivity contribution is 7.99. The van der Waals surface area contributed by atoms with Gasteiger partial charge in [-0.15, -0.1) is 0 Å². The largest absolute Gasteiger partial charge is 0.385 e. The molecule has 1 N–H and O–H groups in total. The maximum absolute atomic E-state index is 12.8. The van der Waals surface area contributed by atoms with E-state index in [1.54, 1.807) is 17.7 Å². The number of rotatable bonds is 8. The number of para-hydroxylation sites is 2. The molecular weight excluding hydrogens is 362 g/mol. The lowest BCUT2D eigenvalue weighted by molar-refractivity contribution is -0.113. The highest BCUT2D eigenvalue weighted by atomic mass is 32.2. The van der Waals surface area contributed by atoms with Gasteiger partial charge in [0.1, 0.15) is 0 Å². The summed E-state index contributed by atoms with van der Waals surface area (Å²) in [7, 11) is 1.63. The number of ether oxygens (including phenoxy) is 1. The zero-order valence-corrected chi connectivity index (χ0v) is 15.9.